The Hall–Kier alpha value is -4.75. The minimum atomic E-state index is -4.89. The average Bonchev–Trinajstić information content (AvgIpc) is 3.36. The lowest BCUT2D eigenvalue weighted by molar-refractivity contribution is -0.138. The Morgan fingerprint density at radius 3 is 2.50 bits per heavy atom. The molecule has 1 aliphatic heterocycles. The smallest absolute Gasteiger partial charge is 0.417 e. The predicted molar refractivity (Wildman–Crippen MR) is 154 cm³/mol. The van der Waals surface area contributed by atoms with Crippen LogP contribution in [0.5, 0.6) is 0 Å². The van der Waals surface area contributed by atoms with E-state index in [1.807, 2.05) is 20.8 Å². The van der Waals surface area contributed by atoms with E-state index in [-0.39, 0.29) is 18.4 Å². The van der Waals surface area contributed by atoms with Gasteiger partial charge in [-0.3, -0.25) is 4.79 Å². The lowest BCUT2D eigenvalue weighted by Gasteiger charge is -2.34. The number of alkyl halides is 3. The molecule has 0 aliphatic carbocycles. The van der Waals surface area contributed by atoms with Crippen molar-refractivity contribution in [2.24, 2.45) is 0 Å². The van der Waals surface area contributed by atoms with E-state index >= 15 is 0 Å². The number of fused-ring (bicyclic) bond motifs is 1. The zero-order chi connectivity index (χ0) is 31.8. The highest BCUT2D eigenvalue weighted by molar-refractivity contribution is 5.98. The summed E-state index contributed by atoms with van der Waals surface area (Å²) in [6.07, 6.45) is -2.44. The third-order valence-electron chi connectivity index (χ3n) is 7.12. The minimum Gasteiger partial charge on any atom is -0.444 e. The first kappa shape index (κ1) is 30.7. The number of nitrogens with two attached hydrogens (primary N) is 1. The topological polar surface area (TPSA) is 128 Å². The van der Waals surface area contributed by atoms with Crippen LogP contribution < -0.4 is 11.1 Å². The molecule has 14 heteroatoms. The fourth-order valence-corrected chi connectivity index (χ4v) is 5.11. The number of aromatic nitrogens is 4. The van der Waals surface area contributed by atoms with Gasteiger partial charge in [0.2, 0.25) is 0 Å². The van der Waals surface area contributed by atoms with Gasteiger partial charge in [0.1, 0.15) is 29.3 Å². The van der Waals surface area contributed by atoms with E-state index < -0.39 is 40.7 Å². The maximum absolute atomic E-state index is 13.4. The SMILES string of the molecule is CC(C)(C)OC(=O)N1CCC[C@@H](n2nc(-c3ccc(CNC(=O)c4ccc(F)cc4C(F)(F)F)cc3)c3c(N)ncnc32)C1. The number of piperidine rings is 1. The number of amides is 2. The van der Waals surface area contributed by atoms with Crippen molar-refractivity contribution in [2.45, 2.75) is 58.0 Å². The number of rotatable bonds is 5. The van der Waals surface area contributed by atoms with E-state index in [2.05, 4.69) is 15.3 Å². The number of carbonyl (C=O) groups excluding carboxylic acids is 2. The van der Waals surface area contributed by atoms with Crippen molar-refractivity contribution in [1.29, 1.82) is 0 Å². The number of halogens is 4. The molecule has 3 heterocycles. The fourth-order valence-electron chi connectivity index (χ4n) is 5.11. The quantitative estimate of drug-likeness (QED) is 0.275. The van der Waals surface area contributed by atoms with Crippen LogP contribution in [0.2, 0.25) is 0 Å². The first-order valence-corrected chi connectivity index (χ1v) is 13.9. The Morgan fingerprint density at radius 2 is 1.82 bits per heavy atom. The van der Waals surface area contributed by atoms with Gasteiger partial charge in [-0.25, -0.2) is 23.8 Å². The van der Waals surface area contributed by atoms with Crippen LogP contribution in [0.15, 0.2) is 48.8 Å². The Morgan fingerprint density at radius 1 is 1.09 bits per heavy atom. The molecule has 0 radical (unpaired) electrons. The van der Waals surface area contributed by atoms with Gasteiger partial charge in [-0.1, -0.05) is 24.3 Å². The molecule has 0 saturated carbocycles. The fraction of sp³-hybridized carbons (Fsp3) is 0.367. The molecule has 0 unspecified atom stereocenters. The summed E-state index contributed by atoms with van der Waals surface area (Å²) in [6.45, 7) is 6.30. The van der Waals surface area contributed by atoms with E-state index in [0.29, 0.717) is 47.0 Å². The van der Waals surface area contributed by atoms with Crippen LogP contribution in [-0.2, 0) is 17.5 Å². The number of nitrogens with zero attached hydrogens (tertiary/aromatic N) is 5. The second-order valence-electron chi connectivity index (χ2n) is 11.5. The Kier molecular flexibility index (Phi) is 8.19. The van der Waals surface area contributed by atoms with Crippen molar-refractivity contribution in [3.8, 4) is 11.3 Å². The van der Waals surface area contributed by atoms with Crippen LogP contribution in [0.3, 0.4) is 0 Å². The van der Waals surface area contributed by atoms with Gasteiger partial charge in [0.05, 0.1) is 22.6 Å². The molecule has 2 amide bonds. The monoisotopic (exact) mass is 613 g/mol. The van der Waals surface area contributed by atoms with Crippen LogP contribution in [-0.4, -0.2) is 55.3 Å². The highest BCUT2D eigenvalue weighted by Crippen LogP contribution is 2.35. The number of hydrogen-bond acceptors (Lipinski definition) is 7. The average molecular weight is 614 g/mol. The van der Waals surface area contributed by atoms with Crippen molar-refractivity contribution >= 4 is 28.9 Å². The second kappa shape index (κ2) is 11.7. The number of nitrogen functional groups attached to an aromatic ring is 1. The number of benzene rings is 2. The van der Waals surface area contributed by atoms with Crippen LogP contribution in [0.1, 0.15) is 61.1 Å². The highest BCUT2D eigenvalue weighted by atomic mass is 19.4. The number of anilines is 1. The molecule has 2 aromatic heterocycles. The molecule has 1 atom stereocenters. The van der Waals surface area contributed by atoms with E-state index in [1.54, 1.807) is 33.8 Å². The summed E-state index contributed by atoms with van der Waals surface area (Å²) in [5.74, 6) is -1.84. The zero-order valence-electron chi connectivity index (χ0n) is 24.3. The minimum absolute atomic E-state index is 0.0726. The van der Waals surface area contributed by atoms with Crippen molar-refractivity contribution in [2.75, 3.05) is 18.8 Å². The summed E-state index contributed by atoms with van der Waals surface area (Å²) in [5, 5.41) is 7.84. The summed E-state index contributed by atoms with van der Waals surface area (Å²) in [7, 11) is 0. The van der Waals surface area contributed by atoms with Gasteiger partial charge in [-0.2, -0.15) is 18.3 Å². The molecule has 4 aromatic rings. The summed E-state index contributed by atoms with van der Waals surface area (Å²) in [5.41, 5.74) is 5.92. The van der Waals surface area contributed by atoms with Crippen molar-refractivity contribution in [3.63, 3.8) is 0 Å². The van der Waals surface area contributed by atoms with Gasteiger partial charge in [0, 0.05) is 25.2 Å². The van der Waals surface area contributed by atoms with Gasteiger partial charge < -0.3 is 20.7 Å². The standard InChI is InChI=1S/C30H31F4N7O3/c1-29(2,3)44-28(43)40-12-4-5-20(15-40)41-26-23(25(35)37-16-38-26)24(39-41)18-8-6-17(7-9-18)14-36-27(42)21-11-10-19(31)13-22(21)30(32,33)34/h6-11,13,16,20H,4-5,12,14-15H2,1-3H3,(H,36,42)(H2,35,37,38)/t20-/m1/s1. The third kappa shape index (κ3) is 6.58. The molecule has 0 bridgehead atoms. The van der Waals surface area contributed by atoms with Gasteiger partial charge in [-0.15, -0.1) is 0 Å². The molecule has 1 fully saturated rings. The predicted octanol–water partition coefficient (Wildman–Crippen LogP) is 5.74. The molecule has 44 heavy (non-hydrogen) atoms. The number of carbonyl (C=O) groups is 2. The largest absolute Gasteiger partial charge is 0.444 e. The van der Waals surface area contributed by atoms with Gasteiger partial charge >= 0.3 is 12.3 Å². The Labute approximate surface area is 250 Å². The maximum atomic E-state index is 13.4. The van der Waals surface area contributed by atoms with Gasteiger partial charge in [0.25, 0.3) is 5.91 Å². The second-order valence-corrected chi connectivity index (χ2v) is 11.5. The van der Waals surface area contributed by atoms with E-state index in [0.717, 1.165) is 25.0 Å². The van der Waals surface area contributed by atoms with Crippen LogP contribution in [0.4, 0.5) is 28.2 Å². The molecule has 1 aliphatic rings. The molecule has 0 spiro atoms. The van der Waals surface area contributed by atoms with E-state index in [1.165, 1.54) is 6.33 Å². The molecule has 1 saturated heterocycles. The Bertz CT molecular complexity index is 1700. The maximum Gasteiger partial charge on any atom is 0.417 e. The summed E-state index contributed by atoms with van der Waals surface area (Å²) in [6, 6.07) is 8.60. The van der Waals surface area contributed by atoms with Crippen LogP contribution in [0.25, 0.3) is 22.3 Å². The van der Waals surface area contributed by atoms with Gasteiger partial charge in [-0.05, 0) is 57.4 Å². The Balaban J connectivity index is 1.36. The third-order valence-corrected chi connectivity index (χ3v) is 7.12. The molecule has 2 aromatic carbocycles. The molecule has 232 valence electrons. The molecule has 5 rings (SSSR count). The number of nitrogens with one attached hydrogen (secondary N) is 1. The van der Waals surface area contributed by atoms with E-state index in [4.69, 9.17) is 15.6 Å². The van der Waals surface area contributed by atoms with E-state index in [9.17, 15) is 27.2 Å². The molecular weight excluding hydrogens is 582 g/mol. The molecule has 10 nitrogen and oxygen atoms in total. The number of hydrogen-bond donors (Lipinski definition) is 2. The summed E-state index contributed by atoms with van der Waals surface area (Å²) in [4.78, 5) is 35.5. The van der Waals surface area contributed by atoms with Crippen LogP contribution in [0, 0.1) is 5.82 Å². The van der Waals surface area contributed by atoms with Crippen LogP contribution >= 0.6 is 0 Å². The van der Waals surface area contributed by atoms with Crippen molar-refractivity contribution in [3.05, 3.63) is 71.3 Å². The molecule has 3 N–H and O–H groups in total. The lowest BCUT2D eigenvalue weighted by Crippen LogP contribution is -2.43. The van der Waals surface area contributed by atoms with Crippen molar-refractivity contribution < 1.29 is 31.9 Å². The zero-order valence-corrected chi connectivity index (χ0v) is 24.3. The normalized spacial score (nSPS) is 15.8. The first-order valence-electron chi connectivity index (χ1n) is 13.9. The summed E-state index contributed by atoms with van der Waals surface area (Å²) < 4.78 is 60.8. The number of likely N-dealkylation sites (tertiary alicyclic amines) is 1. The summed E-state index contributed by atoms with van der Waals surface area (Å²) >= 11 is 0. The first-order chi connectivity index (χ1) is 20.7. The van der Waals surface area contributed by atoms with Crippen molar-refractivity contribution in [1.82, 2.24) is 30.0 Å². The van der Waals surface area contributed by atoms with Gasteiger partial charge in [0.15, 0.2) is 5.65 Å². The lowest BCUT2D eigenvalue weighted by atomic mass is 10.1. The number of ether oxygens (including phenoxy) is 1. The molecular formula is C30H31F4N7O3. The highest BCUT2D eigenvalue weighted by Gasteiger charge is 2.36.